The highest BCUT2D eigenvalue weighted by molar-refractivity contribution is 6.33. The highest BCUT2D eigenvalue weighted by Gasteiger charge is 2.25. The van der Waals surface area contributed by atoms with E-state index >= 15 is 0 Å². The van der Waals surface area contributed by atoms with Crippen LogP contribution in [-0.2, 0) is 9.59 Å². The van der Waals surface area contributed by atoms with Crippen molar-refractivity contribution in [1.29, 1.82) is 0 Å². The van der Waals surface area contributed by atoms with Crippen molar-refractivity contribution in [2.24, 2.45) is 0 Å². The summed E-state index contributed by atoms with van der Waals surface area (Å²) < 4.78 is 5.39. The maximum Gasteiger partial charge on any atom is 0.265 e. The summed E-state index contributed by atoms with van der Waals surface area (Å²) in [5.41, 5.74) is 2.28. The molecule has 1 N–H and O–H groups in total. The van der Waals surface area contributed by atoms with Gasteiger partial charge >= 0.3 is 0 Å². The molecule has 0 spiro atoms. The fraction of sp³-hybridized carbons (Fsp3) is 0.222. The second-order valence-electron chi connectivity index (χ2n) is 5.58. The quantitative estimate of drug-likeness (QED) is 0.924. The predicted octanol–water partition coefficient (Wildman–Crippen LogP) is 3.40. The van der Waals surface area contributed by atoms with Crippen LogP contribution >= 0.6 is 11.6 Å². The number of benzene rings is 2. The molecule has 0 fully saturated rings. The molecule has 0 unspecified atom stereocenters. The van der Waals surface area contributed by atoms with Crippen LogP contribution in [-0.4, -0.2) is 25.0 Å². The third kappa shape index (κ3) is 3.51. The molecule has 2 aromatic rings. The molecule has 0 bridgehead atoms. The second-order valence-corrected chi connectivity index (χ2v) is 5.99. The first kappa shape index (κ1) is 16.3. The molecule has 1 aliphatic heterocycles. The van der Waals surface area contributed by atoms with Crippen LogP contribution in [0.4, 0.5) is 11.4 Å². The number of amides is 2. The maximum absolute atomic E-state index is 12.2. The number of ether oxygens (including phenoxy) is 1. The fourth-order valence-corrected chi connectivity index (χ4v) is 2.83. The second kappa shape index (κ2) is 6.93. The van der Waals surface area contributed by atoms with E-state index < -0.39 is 0 Å². The smallest absolute Gasteiger partial charge is 0.265 e. The summed E-state index contributed by atoms with van der Waals surface area (Å²) in [6.07, 6.45) is 0.171. The van der Waals surface area contributed by atoms with E-state index in [9.17, 15) is 9.59 Å². The van der Waals surface area contributed by atoms with Crippen molar-refractivity contribution in [3.8, 4) is 5.75 Å². The molecule has 0 saturated heterocycles. The average Bonchev–Trinajstić information content (AvgIpc) is 2.56. The Morgan fingerprint density at radius 1 is 1.29 bits per heavy atom. The minimum absolute atomic E-state index is 0.0115. The number of nitrogens with one attached hydrogen (secondary N) is 1. The number of aryl methyl sites for hydroxylation is 1. The largest absolute Gasteiger partial charge is 0.482 e. The maximum atomic E-state index is 12.2. The van der Waals surface area contributed by atoms with Crippen LogP contribution < -0.4 is 15.0 Å². The molecule has 6 heteroatoms. The first-order chi connectivity index (χ1) is 11.5. The lowest BCUT2D eigenvalue weighted by Gasteiger charge is -2.29. The average molecular weight is 345 g/mol. The molecule has 0 atom stereocenters. The number of halogens is 1. The van der Waals surface area contributed by atoms with E-state index in [2.05, 4.69) is 5.32 Å². The number of nitrogens with zero attached hydrogens (tertiary/aromatic N) is 1. The number of fused-ring (bicyclic) bond motifs is 1. The van der Waals surface area contributed by atoms with Gasteiger partial charge in [0.1, 0.15) is 5.75 Å². The summed E-state index contributed by atoms with van der Waals surface area (Å²) in [4.78, 5) is 25.8. The summed E-state index contributed by atoms with van der Waals surface area (Å²) >= 11 is 6.12. The van der Waals surface area contributed by atoms with Gasteiger partial charge in [-0.25, -0.2) is 0 Å². The summed E-state index contributed by atoms with van der Waals surface area (Å²) in [5.74, 6) is 0.298. The van der Waals surface area contributed by atoms with Crippen LogP contribution in [0, 0.1) is 6.92 Å². The molecule has 1 heterocycles. The van der Waals surface area contributed by atoms with Crippen LogP contribution in [0.2, 0.25) is 5.02 Å². The molecule has 0 saturated carbocycles. The van der Waals surface area contributed by atoms with Gasteiger partial charge in [-0.15, -0.1) is 0 Å². The monoisotopic (exact) mass is 344 g/mol. The van der Waals surface area contributed by atoms with E-state index in [1.165, 1.54) is 0 Å². The van der Waals surface area contributed by atoms with Crippen molar-refractivity contribution in [2.75, 3.05) is 23.4 Å². The minimum Gasteiger partial charge on any atom is -0.482 e. The van der Waals surface area contributed by atoms with Gasteiger partial charge in [-0.3, -0.25) is 9.59 Å². The van der Waals surface area contributed by atoms with E-state index in [0.29, 0.717) is 22.1 Å². The van der Waals surface area contributed by atoms with E-state index in [0.717, 1.165) is 5.56 Å². The van der Waals surface area contributed by atoms with Gasteiger partial charge in [0.05, 0.1) is 16.4 Å². The van der Waals surface area contributed by atoms with Gasteiger partial charge in [-0.05, 0) is 36.8 Å². The normalized spacial score (nSPS) is 13.2. The number of rotatable bonds is 4. The summed E-state index contributed by atoms with van der Waals surface area (Å²) in [6.45, 7) is 2.20. The van der Waals surface area contributed by atoms with E-state index in [1.54, 1.807) is 29.2 Å². The Labute approximate surface area is 145 Å². The summed E-state index contributed by atoms with van der Waals surface area (Å²) in [5, 5.41) is 3.27. The van der Waals surface area contributed by atoms with Gasteiger partial charge < -0.3 is 15.0 Å². The number of hydrogen-bond donors (Lipinski definition) is 1. The molecule has 2 amide bonds. The lowest BCUT2D eigenvalue weighted by Crippen LogP contribution is -2.40. The van der Waals surface area contributed by atoms with Crippen LogP contribution in [0.1, 0.15) is 12.0 Å². The molecule has 0 aliphatic carbocycles. The van der Waals surface area contributed by atoms with Crippen LogP contribution in [0.5, 0.6) is 5.75 Å². The number of hydrogen-bond acceptors (Lipinski definition) is 3. The Hall–Kier alpha value is -2.53. The molecular formula is C18H17ClN2O3. The molecule has 2 aromatic carbocycles. The highest BCUT2D eigenvalue weighted by atomic mass is 35.5. The summed E-state index contributed by atoms with van der Waals surface area (Å²) in [7, 11) is 0. The predicted molar refractivity (Wildman–Crippen MR) is 93.7 cm³/mol. The van der Waals surface area contributed by atoms with Crippen molar-refractivity contribution in [3.63, 3.8) is 0 Å². The molecule has 5 nitrogen and oxygen atoms in total. The first-order valence-electron chi connectivity index (χ1n) is 7.63. The SMILES string of the molecule is Cc1ccc(NC(=O)CCN2C(=O)COc3ccccc32)c(Cl)c1. The van der Waals surface area contributed by atoms with Gasteiger partial charge in [0.2, 0.25) is 5.91 Å². The van der Waals surface area contributed by atoms with Crippen molar-refractivity contribution in [2.45, 2.75) is 13.3 Å². The van der Waals surface area contributed by atoms with Gasteiger partial charge in [-0.2, -0.15) is 0 Å². The number of para-hydroxylation sites is 2. The standard InChI is InChI=1S/C18H17ClN2O3/c1-12-6-7-14(13(19)10-12)20-17(22)8-9-21-15-4-2-3-5-16(15)24-11-18(21)23/h2-7,10H,8-9,11H2,1H3,(H,20,22). The van der Waals surface area contributed by atoms with Gasteiger partial charge in [0.15, 0.2) is 6.61 Å². The highest BCUT2D eigenvalue weighted by Crippen LogP contribution is 2.31. The van der Waals surface area contributed by atoms with Crippen molar-refractivity contribution >= 4 is 34.8 Å². The van der Waals surface area contributed by atoms with Crippen molar-refractivity contribution in [1.82, 2.24) is 0 Å². The first-order valence-corrected chi connectivity index (χ1v) is 8.00. The van der Waals surface area contributed by atoms with E-state index in [4.69, 9.17) is 16.3 Å². The Kier molecular flexibility index (Phi) is 4.71. The van der Waals surface area contributed by atoms with Crippen molar-refractivity contribution < 1.29 is 14.3 Å². The number of carbonyl (C=O) groups is 2. The molecule has 24 heavy (non-hydrogen) atoms. The zero-order valence-corrected chi connectivity index (χ0v) is 14.0. The topological polar surface area (TPSA) is 58.6 Å². The Bertz CT molecular complexity index is 792. The van der Waals surface area contributed by atoms with E-state index in [1.807, 2.05) is 25.1 Å². The Morgan fingerprint density at radius 2 is 2.08 bits per heavy atom. The van der Waals surface area contributed by atoms with Crippen molar-refractivity contribution in [3.05, 3.63) is 53.1 Å². The van der Waals surface area contributed by atoms with Crippen LogP contribution in [0.25, 0.3) is 0 Å². The lowest BCUT2D eigenvalue weighted by molar-refractivity contribution is -0.121. The third-order valence-electron chi connectivity index (χ3n) is 3.77. The molecule has 3 rings (SSSR count). The molecule has 0 radical (unpaired) electrons. The summed E-state index contributed by atoms with van der Waals surface area (Å²) in [6, 6.07) is 12.7. The number of anilines is 2. The minimum atomic E-state index is -0.197. The zero-order valence-electron chi connectivity index (χ0n) is 13.2. The molecule has 0 aromatic heterocycles. The van der Waals surface area contributed by atoms with Gasteiger partial charge in [0, 0.05) is 13.0 Å². The third-order valence-corrected chi connectivity index (χ3v) is 4.08. The zero-order chi connectivity index (χ0) is 17.1. The molecule has 1 aliphatic rings. The Balaban J connectivity index is 1.65. The van der Waals surface area contributed by atoms with Gasteiger partial charge in [-0.1, -0.05) is 29.8 Å². The Morgan fingerprint density at radius 3 is 2.88 bits per heavy atom. The molecular weight excluding hydrogens is 328 g/mol. The van der Waals surface area contributed by atoms with E-state index in [-0.39, 0.29) is 31.4 Å². The van der Waals surface area contributed by atoms with Crippen LogP contribution in [0.3, 0.4) is 0 Å². The molecule has 124 valence electrons. The van der Waals surface area contributed by atoms with Crippen LogP contribution in [0.15, 0.2) is 42.5 Å². The fourth-order valence-electron chi connectivity index (χ4n) is 2.55. The number of carbonyl (C=O) groups excluding carboxylic acids is 2. The lowest BCUT2D eigenvalue weighted by atomic mass is 10.2. The van der Waals surface area contributed by atoms with Gasteiger partial charge in [0.25, 0.3) is 5.91 Å².